The van der Waals surface area contributed by atoms with Crippen LogP contribution in [-0.4, -0.2) is 41.7 Å². The van der Waals surface area contributed by atoms with E-state index in [1.54, 1.807) is 37.4 Å². The molecular formula is C33H37ClN2O6. The summed E-state index contributed by atoms with van der Waals surface area (Å²) in [5, 5.41) is 11.6. The maximum Gasteiger partial charge on any atom is 0.269 e. The molecule has 0 saturated carbocycles. The van der Waals surface area contributed by atoms with Gasteiger partial charge in [-0.1, -0.05) is 39.3 Å². The van der Waals surface area contributed by atoms with Crippen molar-refractivity contribution in [1.82, 2.24) is 4.90 Å². The topological polar surface area (TPSA) is 99.0 Å². The van der Waals surface area contributed by atoms with Crippen LogP contribution in [0.15, 0.2) is 65.0 Å². The number of methoxy groups -OCH3 is 1. The molecule has 0 bridgehead atoms. The van der Waals surface area contributed by atoms with E-state index in [0.717, 1.165) is 17.0 Å². The van der Waals surface area contributed by atoms with Gasteiger partial charge in [-0.2, -0.15) is 0 Å². The first kappa shape index (κ1) is 30.0. The Labute approximate surface area is 251 Å². The number of hydrogen-bond donors (Lipinski definition) is 0. The predicted molar refractivity (Wildman–Crippen MR) is 160 cm³/mol. The van der Waals surface area contributed by atoms with Crippen molar-refractivity contribution in [2.24, 2.45) is 10.8 Å². The third-order valence-corrected chi connectivity index (χ3v) is 8.60. The van der Waals surface area contributed by atoms with Crippen molar-refractivity contribution in [3.05, 3.63) is 91.3 Å². The maximum absolute atomic E-state index is 14.0. The van der Waals surface area contributed by atoms with Gasteiger partial charge in [0.25, 0.3) is 5.69 Å². The highest BCUT2D eigenvalue weighted by Crippen LogP contribution is 2.55. The third-order valence-electron chi connectivity index (χ3n) is 8.37. The van der Waals surface area contributed by atoms with E-state index in [4.69, 9.17) is 21.1 Å². The van der Waals surface area contributed by atoms with Crippen molar-refractivity contribution in [2.45, 2.75) is 65.9 Å². The van der Waals surface area contributed by atoms with Crippen molar-refractivity contribution in [3.8, 4) is 5.75 Å². The number of ketones is 2. The molecule has 2 aromatic rings. The Morgan fingerprint density at radius 1 is 0.929 bits per heavy atom. The number of Topliss-reactive ketones (excluding diaryl/α,β-unsaturated/α-hetero) is 2. The summed E-state index contributed by atoms with van der Waals surface area (Å²) in [6.07, 6.45) is 2.14. The third kappa shape index (κ3) is 5.88. The van der Waals surface area contributed by atoms with Gasteiger partial charge in [-0.05, 0) is 59.6 Å². The number of allylic oxidation sites excluding steroid dienone is 4. The van der Waals surface area contributed by atoms with Crippen molar-refractivity contribution in [3.63, 3.8) is 0 Å². The molecule has 0 atom stereocenters. The summed E-state index contributed by atoms with van der Waals surface area (Å²) < 4.78 is 11.8. The molecule has 3 aliphatic rings. The highest BCUT2D eigenvalue weighted by Gasteiger charge is 2.49. The number of carbonyl (C=O) groups is 2. The number of halogens is 1. The van der Waals surface area contributed by atoms with E-state index in [2.05, 4.69) is 32.6 Å². The molecule has 9 heteroatoms. The van der Waals surface area contributed by atoms with E-state index < -0.39 is 10.8 Å². The van der Waals surface area contributed by atoms with Gasteiger partial charge in [-0.15, -0.1) is 0 Å². The largest absolute Gasteiger partial charge is 0.489 e. The highest BCUT2D eigenvalue weighted by atomic mass is 35.5. The number of nitrogens with zero attached hydrogens (tertiary/aromatic N) is 2. The first-order valence-corrected chi connectivity index (χ1v) is 14.6. The minimum Gasteiger partial charge on any atom is -0.489 e. The van der Waals surface area contributed by atoms with Gasteiger partial charge in [0.2, 0.25) is 0 Å². The summed E-state index contributed by atoms with van der Waals surface area (Å²) in [6, 6.07) is 11.5. The lowest BCUT2D eigenvalue weighted by Gasteiger charge is -2.49. The number of nitro groups is 1. The molecule has 2 aliphatic carbocycles. The van der Waals surface area contributed by atoms with Gasteiger partial charge < -0.3 is 14.4 Å². The molecular weight excluding hydrogens is 556 g/mol. The lowest BCUT2D eigenvalue weighted by atomic mass is 9.63. The van der Waals surface area contributed by atoms with E-state index in [1.165, 1.54) is 12.1 Å². The molecule has 0 unspecified atom stereocenters. The van der Waals surface area contributed by atoms with Crippen LogP contribution in [0.4, 0.5) is 5.69 Å². The summed E-state index contributed by atoms with van der Waals surface area (Å²) >= 11 is 6.56. The van der Waals surface area contributed by atoms with Gasteiger partial charge in [0.1, 0.15) is 12.4 Å². The molecule has 5 rings (SSSR count). The molecule has 0 amide bonds. The SMILES string of the molecule is COCCN1C2=C(C(=O)CC(C)(C)C2)C(c2cc(Cl)ccc2OCc2ccc([N+](=O)[O-])cc2)C2=C1CC(C)(C)CC2=O. The second-order valence-corrected chi connectivity index (χ2v) is 13.5. The average Bonchev–Trinajstić information content (AvgIpc) is 2.89. The molecule has 42 heavy (non-hydrogen) atoms. The fraction of sp³-hybridized carbons (Fsp3) is 0.455. The fourth-order valence-corrected chi connectivity index (χ4v) is 6.74. The average molecular weight is 593 g/mol. The molecule has 0 radical (unpaired) electrons. The standard InChI is InChI=1S/C33H37ClN2O6/c1-32(2)15-24-30(26(37)17-32)29(31-25(35(24)12-13-41-5)16-33(3,4)18-27(31)38)23-14-21(34)8-11-28(23)42-19-20-6-9-22(10-7-20)36(39)40/h6-11,14,29H,12-13,15-19H2,1-5H3. The zero-order valence-corrected chi connectivity index (χ0v) is 25.5. The summed E-state index contributed by atoms with van der Waals surface area (Å²) in [5.74, 6) is -0.0353. The number of nitro benzene ring substituents is 1. The van der Waals surface area contributed by atoms with E-state index >= 15 is 0 Å². The molecule has 0 fully saturated rings. The minimum atomic E-state index is -0.605. The molecule has 0 spiro atoms. The van der Waals surface area contributed by atoms with Crippen LogP contribution in [0.1, 0.15) is 70.4 Å². The number of benzene rings is 2. The van der Waals surface area contributed by atoms with Gasteiger partial charge in [-0.25, -0.2) is 0 Å². The first-order chi connectivity index (χ1) is 19.8. The second-order valence-electron chi connectivity index (χ2n) is 13.1. The van der Waals surface area contributed by atoms with Gasteiger partial charge in [0.05, 0.1) is 11.5 Å². The van der Waals surface area contributed by atoms with Gasteiger partial charge in [-0.3, -0.25) is 19.7 Å². The summed E-state index contributed by atoms with van der Waals surface area (Å²) in [5.41, 5.74) is 4.14. The number of rotatable bonds is 8. The van der Waals surface area contributed by atoms with Gasteiger partial charge in [0.15, 0.2) is 11.6 Å². The Balaban J connectivity index is 1.65. The Hall–Kier alpha value is -3.49. The number of carbonyl (C=O) groups excluding carboxylic acids is 2. The summed E-state index contributed by atoms with van der Waals surface area (Å²) in [6.45, 7) is 9.59. The van der Waals surface area contributed by atoms with Crippen LogP contribution < -0.4 is 4.74 Å². The monoisotopic (exact) mass is 592 g/mol. The molecule has 222 valence electrons. The Morgan fingerprint density at radius 2 is 1.50 bits per heavy atom. The zero-order valence-electron chi connectivity index (χ0n) is 24.8. The van der Waals surface area contributed by atoms with Crippen molar-refractivity contribution in [1.29, 1.82) is 0 Å². The van der Waals surface area contributed by atoms with E-state index in [1.807, 2.05) is 0 Å². The lowest BCUT2D eigenvalue weighted by Crippen LogP contribution is -2.45. The van der Waals surface area contributed by atoms with Gasteiger partial charge in [0, 0.05) is 77.7 Å². The quantitative estimate of drug-likeness (QED) is 0.237. The zero-order chi connectivity index (χ0) is 30.4. The van der Waals surface area contributed by atoms with Gasteiger partial charge >= 0.3 is 0 Å². The number of ether oxygens (including phenoxy) is 2. The van der Waals surface area contributed by atoms with Crippen molar-refractivity contribution >= 4 is 28.9 Å². The number of non-ortho nitro benzene ring substituents is 1. The van der Waals surface area contributed by atoms with Crippen LogP contribution in [-0.2, 0) is 20.9 Å². The molecule has 8 nitrogen and oxygen atoms in total. The van der Waals surface area contributed by atoms with E-state index in [9.17, 15) is 19.7 Å². The summed E-state index contributed by atoms with van der Waals surface area (Å²) in [7, 11) is 1.66. The fourth-order valence-electron chi connectivity index (χ4n) is 6.56. The maximum atomic E-state index is 14.0. The second kappa shape index (κ2) is 11.3. The predicted octanol–water partition coefficient (Wildman–Crippen LogP) is 7.16. The normalized spacial score (nSPS) is 20.0. The Kier molecular flexibility index (Phi) is 8.07. The Bertz CT molecular complexity index is 1450. The molecule has 0 saturated heterocycles. The smallest absolute Gasteiger partial charge is 0.269 e. The van der Waals surface area contributed by atoms with Crippen molar-refractivity contribution < 1.29 is 24.0 Å². The molecule has 2 aromatic carbocycles. The lowest BCUT2D eigenvalue weighted by molar-refractivity contribution is -0.384. The van der Waals surface area contributed by atoms with Crippen LogP contribution in [0, 0.1) is 20.9 Å². The molecule has 1 heterocycles. The van der Waals surface area contributed by atoms with Crippen LogP contribution >= 0.6 is 11.6 Å². The van der Waals surface area contributed by atoms with Crippen LogP contribution in [0.3, 0.4) is 0 Å². The van der Waals surface area contributed by atoms with Crippen LogP contribution in [0.25, 0.3) is 0 Å². The molecule has 1 aliphatic heterocycles. The molecule has 0 N–H and O–H groups in total. The summed E-state index contributed by atoms with van der Waals surface area (Å²) in [4.78, 5) is 40.9. The van der Waals surface area contributed by atoms with Crippen LogP contribution in [0.2, 0.25) is 5.02 Å². The van der Waals surface area contributed by atoms with Crippen LogP contribution in [0.5, 0.6) is 5.75 Å². The minimum absolute atomic E-state index is 0.00238. The molecule has 0 aromatic heterocycles. The highest BCUT2D eigenvalue weighted by molar-refractivity contribution is 6.30. The van der Waals surface area contributed by atoms with E-state index in [-0.39, 0.29) is 34.7 Å². The number of hydrogen-bond acceptors (Lipinski definition) is 7. The first-order valence-electron chi connectivity index (χ1n) is 14.2. The Morgan fingerprint density at radius 3 is 2.02 bits per heavy atom. The van der Waals surface area contributed by atoms with E-state index in [0.29, 0.717) is 66.3 Å². The van der Waals surface area contributed by atoms with Crippen molar-refractivity contribution in [2.75, 3.05) is 20.3 Å².